The van der Waals surface area contributed by atoms with Crippen LogP contribution in [0.4, 0.5) is 5.69 Å². The number of carbonyl (C=O) groups is 2. The zero-order valence-corrected chi connectivity index (χ0v) is 12.9. The van der Waals surface area contributed by atoms with Gasteiger partial charge in [-0.25, -0.2) is 0 Å². The van der Waals surface area contributed by atoms with E-state index in [0.29, 0.717) is 26.0 Å². The second-order valence-electron chi connectivity index (χ2n) is 5.40. The van der Waals surface area contributed by atoms with Crippen LogP contribution < -0.4 is 4.90 Å². The van der Waals surface area contributed by atoms with Gasteiger partial charge in [-0.3, -0.25) is 9.59 Å². The van der Waals surface area contributed by atoms with E-state index in [1.165, 1.54) is 6.26 Å². The Morgan fingerprint density at radius 3 is 2.91 bits per heavy atom. The number of aromatic nitrogens is 1. The summed E-state index contributed by atoms with van der Waals surface area (Å²) in [5, 5.41) is 3.72. The molecule has 6 nitrogen and oxygen atoms in total. The van der Waals surface area contributed by atoms with Gasteiger partial charge in [-0.1, -0.05) is 23.4 Å². The highest BCUT2D eigenvalue weighted by Crippen LogP contribution is 2.37. The van der Waals surface area contributed by atoms with Crippen molar-refractivity contribution in [3.63, 3.8) is 0 Å². The Kier molecular flexibility index (Phi) is 4.41. The van der Waals surface area contributed by atoms with Crippen molar-refractivity contribution < 1.29 is 18.8 Å². The van der Waals surface area contributed by atoms with Gasteiger partial charge in [0.25, 0.3) is 5.91 Å². The van der Waals surface area contributed by atoms with E-state index in [2.05, 4.69) is 5.16 Å². The van der Waals surface area contributed by atoms with Gasteiger partial charge in [-0.2, -0.15) is 0 Å². The van der Waals surface area contributed by atoms with Crippen LogP contribution in [0.2, 0.25) is 0 Å². The van der Waals surface area contributed by atoms with E-state index >= 15 is 0 Å². The Hall–Kier alpha value is -2.63. The van der Waals surface area contributed by atoms with E-state index < -0.39 is 0 Å². The molecule has 23 heavy (non-hydrogen) atoms. The zero-order valence-electron chi connectivity index (χ0n) is 12.9. The Bertz CT molecular complexity index is 696. The maximum atomic E-state index is 12.6. The molecule has 0 N–H and O–H groups in total. The summed E-state index contributed by atoms with van der Waals surface area (Å²) in [6.07, 6.45) is 2.42. The van der Waals surface area contributed by atoms with Crippen molar-refractivity contribution in [1.82, 2.24) is 5.16 Å². The third-order valence-corrected chi connectivity index (χ3v) is 3.99. The number of carbonyl (C=O) groups excluding carboxylic acids is 2. The fourth-order valence-corrected chi connectivity index (χ4v) is 2.94. The molecule has 1 aliphatic heterocycles. The van der Waals surface area contributed by atoms with Crippen LogP contribution in [0.15, 0.2) is 41.1 Å². The van der Waals surface area contributed by atoms with Gasteiger partial charge in [0.1, 0.15) is 6.26 Å². The summed E-state index contributed by atoms with van der Waals surface area (Å²) in [7, 11) is 0. The lowest BCUT2D eigenvalue weighted by molar-refractivity contribution is -0.143. The molecule has 2 heterocycles. The number of nitrogens with zero attached hydrogens (tertiary/aromatic N) is 2. The van der Waals surface area contributed by atoms with Crippen LogP contribution in [-0.2, 0) is 9.53 Å². The van der Waals surface area contributed by atoms with Gasteiger partial charge >= 0.3 is 5.97 Å². The summed E-state index contributed by atoms with van der Waals surface area (Å²) in [4.78, 5) is 26.1. The molecule has 1 amide bonds. The van der Waals surface area contributed by atoms with Crippen molar-refractivity contribution in [2.45, 2.75) is 25.7 Å². The Morgan fingerprint density at radius 1 is 1.35 bits per heavy atom. The highest BCUT2D eigenvalue weighted by atomic mass is 16.5. The molecule has 3 rings (SSSR count). The number of anilines is 1. The predicted octanol–water partition coefficient (Wildman–Crippen LogP) is 2.76. The Labute approximate surface area is 134 Å². The summed E-state index contributed by atoms with van der Waals surface area (Å²) in [6.45, 7) is 2.71. The number of hydrogen-bond donors (Lipinski definition) is 0. The second-order valence-corrected chi connectivity index (χ2v) is 5.40. The zero-order chi connectivity index (χ0) is 16.2. The number of rotatable bonds is 4. The molecule has 0 fully saturated rings. The van der Waals surface area contributed by atoms with Crippen molar-refractivity contribution in [2.24, 2.45) is 0 Å². The van der Waals surface area contributed by atoms with Crippen LogP contribution in [-0.4, -0.2) is 30.2 Å². The third kappa shape index (κ3) is 3.11. The topological polar surface area (TPSA) is 72.6 Å². The maximum absolute atomic E-state index is 12.6. The lowest BCUT2D eigenvalue weighted by Crippen LogP contribution is -2.37. The molecule has 0 saturated carbocycles. The number of benzene rings is 1. The van der Waals surface area contributed by atoms with Crippen molar-refractivity contribution in [3.05, 3.63) is 47.9 Å². The minimum Gasteiger partial charge on any atom is -0.466 e. The standard InChI is InChI=1S/C17H18N2O4/c1-2-22-16(20)11-12-7-9-19(15-6-4-3-5-13(12)15)17(21)14-8-10-23-18-14/h3-6,8,10,12H,2,7,9,11H2,1H3. The molecule has 0 radical (unpaired) electrons. The molecule has 1 aromatic heterocycles. The number of hydrogen-bond acceptors (Lipinski definition) is 5. The van der Waals surface area contributed by atoms with E-state index in [1.54, 1.807) is 17.9 Å². The van der Waals surface area contributed by atoms with Crippen LogP contribution in [0.1, 0.15) is 41.7 Å². The number of esters is 1. The van der Waals surface area contributed by atoms with Crippen molar-refractivity contribution in [2.75, 3.05) is 18.1 Å². The van der Waals surface area contributed by atoms with Gasteiger partial charge in [0, 0.05) is 18.3 Å². The lowest BCUT2D eigenvalue weighted by atomic mass is 9.87. The van der Waals surface area contributed by atoms with E-state index in [4.69, 9.17) is 9.26 Å². The van der Waals surface area contributed by atoms with E-state index in [9.17, 15) is 9.59 Å². The van der Waals surface area contributed by atoms with Crippen LogP contribution in [0.25, 0.3) is 0 Å². The minimum atomic E-state index is -0.205. The largest absolute Gasteiger partial charge is 0.466 e. The molecule has 2 aromatic rings. The van der Waals surface area contributed by atoms with E-state index in [0.717, 1.165) is 11.3 Å². The first-order valence-corrected chi connectivity index (χ1v) is 7.67. The van der Waals surface area contributed by atoms with Gasteiger partial charge in [-0.15, -0.1) is 0 Å². The van der Waals surface area contributed by atoms with Crippen molar-refractivity contribution >= 4 is 17.6 Å². The fourth-order valence-electron chi connectivity index (χ4n) is 2.94. The van der Waals surface area contributed by atoms with Gasteiger partial charge < -0.3 is 14.2 Å². The number of ether oxygens (including phenoxy) is 1. The number of para-hydroxylation sites is 1. The highest BCUT2D eigenvalue weighted by Gasteiger charge is 2.31. The smallest absolute Gasteiger partial charge is 0.306 e. The van der Waals surface area contributed by atoms with Gasteiger partial charge in [0.2, 0.25) is 0 Å². The molecule has 1 atom stereocenters. The maximum Gasteiger partial charge on any atom is 0.306 e. The van der Waals surface area contributed by atoms with Crippen LogP contribution in [0.5, 0.6) is 0 Å². The fraction of sp³-hybridized carbons (Fsp3) is 0.353. The summed E-state index contributed by atoms with van der Waals surface area (Å²) in [5.74, 6) is -0.337. The van der Waals surface area contributed by atoms with Gasteiger partial charge in [0.05, 0.1) is 13.0 Å². The van der Waals surface area contributed by atoms with Gasteiger partial charge in [-0.05, 0) is 30.9 Å². The SMILES string of the molecule is CCOC(=O)CC1CCN(C(=O)c2ccon2)c2ccccc21. The highest BCUT2D eigenvalue weighted by molar-refractivity contribution is 6.05. The molecule has 0 spiro atoms. The van der Waals surface area contributed by atoms with Crippen LogP contribution in [0, 0.1) is 0 Å². The molecule has 120 valence electrons. The Morgan fingerprint density at radius 2 is 2.17 bits per heavy atom. The molecule has 0 saturated heterocycles. The first-order valence-electron chi connectivity index (χ1n) is 7.67. The number of fused-ring (bicyclic) bond motifs is 1. The van der Waals surface area contributed by atoms with E-state index in [-0.39, 0.29) is 23.5 Å². The molecule has 0 aliphatic carbocycles. The summed E-state index contributed by atoms with van der Waals surface area (Å²) < 4.78 is 9.81. The molecule has 0 bridgehead atoms. The van der Waals surface area contributed by atoms with E-state index in [1.807, 2.05) is 24.3 Å². The molecular weight excluding hydrogens is 296 g/mol. The summed E-state index contributed by atoms with van der Waals surface area (Å²) in [6, 6.07) is 9.21. The third-order valence-electron chi connectivity index (χ3n) is 3.99. The normalized spacial score (nSPS) is 16.7. The predicted molar refractivity (Wildman–Crippen MR) is 83.2 cm³/mol. The monoisotopic (exact) mass is 314 g/mol. The summed E-state index contributed by atoms with van der Waals surface area (Å²) in [5.41, 5.74) is 2.09. The lowest BCUT2D eigenvalue weighted by Gasteiger charge is -2.33. The molecule has 1 aromatic carbocycles. The summed E-state index contributed by atoms with van der Waals surface area (Å²) >= 11 is 0. The molecule has 1 aliphatic rings. The van der Waals surface area contributed by atoms with Crippen molar-refractivity contribution in [3.8, 4) is 0 Å². The van der Waals surface area contributed by atoms with Gasteiger partial charge in [0.15, 0.2) is 5.69 Å². The molecular formula is C17H18N2O4. The molecule has 6 heteroatoms. The quantitative estimate of drug-likeness (QED) is 0.811. The average molecular weight is 314 g/mol. The first kappa shape index (κ1) is 15.3. The van der Waals surface area contributed by atoms with Crippen LogP contribution in [0.3, 0.4) is 0 Å². The number of amides is 1. The second kappa shape index (κ2) is 6.64. The molecule has 1 unspecified atom stereocenters. The Balaban J connectivity index is 1.86. The van der Waals surface area contributed by atoms with Crippen molar-refractivity contribution in [1.29, 1.82) is 0 Å². The minimum absolute atomic E-state index is 0.0617. The first-order chi connectivity index (χ1) is 11.2. The van der Waals surface area contributed by atoms with Crippen LogP contribution >= 0.6 is 0 Å². The average Bonchev–Trinajstić information content (AvgIpc) is 3.09.